The molecule has 108 valence electrons. The van der Waals surface area contributed by atoms with E-state index in [9.17, 15) is 8.42 Å². The molecule has 1 aliphatic rings. The quantitative estimate of drug-likeness (QED) is 0.682. The largest absolute Gasteiger partial charge is 0.317 e. The van der Waals surface area contributed by atoms with Crippen molar-refractivity contribution in [2.45, 2.75) is 33.2 Å². The van der Waals surface area contributed by atoms with Gasteiger partial charge in [0.15, 0.2) is 0 Å². The molecule has 1 N–H and O–H groups in total. The van der Waals surface area contributed by atoms with Crippen molar-refractivity contribution in [3.8, 4) is 0 Å². The molecule has 5 nitrogen and oxygen atoms in total. The lowest BCUT2D eigenvalue weighted by atomic mass is 10.2. The number of rotatable bonds is 7. The molecular weight excluding hydrogens is 250 g/mol. The minimum Gasteiger partial charge on any atom is -0.317 e. The summed E-state index contributed by atoms with van der Waals surface area (Å²) in [5.74, 6) is 0.263. The molecule has 1 heterocycles. The molecular formula is C12H27N3O2S. The van der Waals surface area contributed by atoms with E-state index in [-0.39, 0.29) is 5.75 Å². The zero-order chi connectivity index (χ0) is 13.6. The van der Waals surface area contributed by atoms with Crippen molar-refractivity contribution in [3.05, 3.63) is 0 Å². The number of hydrogen-bond acceptors (Lipinski definition) is 4. The maximum Gasteiger partial charge on any atom is 0.214 e. The van der Waals surface area contributed by atoms with Crippen LogP contribution in [0.2, 0.25) is 0 Å². The van der Waals surface area contributed by atoms with E-state index in [1.807, 2.05) is 6.92 Å². The summed E-state index contributed by atoms with van der Waals surface area (Å²) < 4.78 is 26.0. The van der Waals surface area contributed by atoms with Gasteiger partial charge in [0.2, 0.25) is 10.0 Å². The van der Waals surface area contributed by atoms with E-state index < -0.39 is 10.0 Å². The van der Waals surface area contributed by atoms with Gasteiger partial charge in [0.1, 0.15) is 0 Å². The van der Waals surface area contributed by atoms with Gasteiger partial charge in [-0.1, -0.05) is 13.8 Å². The molecule has 0 bridgehead atoms. The molecule has 0 spiro atoms. The van der Waals surface area contributed by atoms with Gasteiger partial charge < -0.3 is 5.32 Å². The van der Waals surface area contributed by atoms with E-state index in [0.717, 1.165) is 26.2 Å². The predicted octanol–water partition coefficient (Wildman–Crippen LogP) is 0.342. The second kappa shape index (κ2) is 7.43. The van der Waals surface area contributed by atoms with Crippen molar-refractivity contribution in [3.63, 3.8) is 0 Å². The molecule has 0 aliphatic carbocycles. The van der Waals surface area contributed by atoms with Crippen molar-refractivity contribution in [2.24, 2.45) is 0 Å². The lowest BCUT2D eigenvalue weighted by molar-refractivity contribution is 0.135. The maximum absolute atomic E-state index is 12.2. The van der Waals surface area contributed by atoms with Gasteiger partial charge in [-0.25, -0.2) is 8.42 Å². The van der Waals surface area contributed by atoms with E-state index in [1.54, 1.807) is 4.31 Å². The summed E-state index contributed by atoms with van der Waals surface area (Å²) >= 11 is 0. The Morgan fingerprint density at radius 2 is 2.00 bits per heavy atom. The molecule has 1 rings (SSSR count). The van der Waals surface area contributed by atoms with Crippen LogP contribution >= 0.6 is 0 Å². The SMILES string of the molecule is CCNCCCS(=O)(=O)N1CCN(CC)C(C)C1. The van der Waals surface area contributed by atoms with Crippen LogP contribution in [0.3, 0.4) is 0 Å². The van der Waals surface area contributed by atoms with Crippen molar-refractivity contribution in [1.82, 2.24) is 14.5 Å². The number of nitrogens with one attached hydrogen (secondary N) is 1. The van der Waals surface area contributed by atoms with E-state index in [2.05, 4.69) is 24.1 Å². The molecule has 0 radical (unpaired) electrons. The van der Waals surface area contributed by atoms with Gasteiger partial charge in [0, 0.05) is 25.7 Å². The van der Waals surface area contributed by atoms with Crippen LogP contribution in [-0.4, -0.2) is 68.7 Å². The highest BCUT2D eigenvalue weighted by Crippen LogP contribution is 2.13. The summed E-state index contributed by atoms with van der Waals surface area (Å²) in [6, 6.07) is 0.326. The summed E-state index contributed by atoms with van der Waals surface area (Å²) in [5.41, 5.74) is 0. The highest BCUT2D eigenvalue weighted by atomic mass is 32.2. The van der Waals surface area contributed by atoms with Gasteiger partial charge in [0.25, 0.3) is 0 Å². The molecule has 0 aromatic heterocycles. The van der Waals surface area contributed by atoms with Crippen LogP contribution in [0.25, 0.3) is 0 Å². The normalized spacial score (nSPS) is 23.4. The summed E-state index contributed by atoms with van der Waals surface area (Å²) in [4.78, 5) is 2.32. The van der Waals surface area contributed by atoms with Crippen LogP contribution in [-0.2, 0) is 10.0 Å². The average Bonchev–Trinajstić information content (AvgIpc) is 2.34. The molecule has 0 aromatic rings. The first-order valence-corrected chi connectivity index (χ1v) is 8.54. The van der Waals surface area contributed by atoms with Crippen molar-refractivity contribution >= 4 is 10.0 Å². The van der Waals surface area contributed by atoms with Crippen molar-refractivity contribution < 1.29 is 8.42 Å². The van der Waals surface area contributed by atoms with E-state index in [1.165, 1.54) is 0 Å². The minimum atomic E-state index is -3.06. The Balaban J connectivity index is 2.43. The number of nitrogens with zero attached hydrogens (tertiary/aromatic N) is 2. The predicted molar refractivity (Wildman–Crippen MR) is 75.2 cm³/mol. The van der Waals surface area contributed by atoms with Crippen LogP contribution < -0.4 is 5.32 Å². The molecule has 0 amide bonds. The number of sulfonamides is 1. The number of piperazine rings is 1. The molecule has 1 unspecified atom stereocenters. The standard InChI is InChI=1S/C12H27N3O2S/c1-4-13-7-6-10-18(16,17)15-9-8-14(5-2)12(3)11-15/h12-13H,4-11H2,1-3H3. The highest BCUT2D eigenvalue weighted by molar-refractivity contribution is 7.89. The topological polar surface area (TPSA) is 52.7 Å². The third kappa shape index (κ3) is 4.50. The second-order valence-corrected chi connectivity index (χ2v) is 6.95. The van der Waals surface area contributed by atoms with Gasteiger partial charge in [-0.15, -0.1) is 0 Å². The van der Waals surface area contributed by atoms with Crippen molar-refractivity contribution in [2.75, 3.05) is 45.0 Å². The van der Waals surface area contributed by atoms with Gasteiger partial charge in [-0.05, 0) is 33.0 Å². The van der Waals surface area contributed by atoms with Crippen LogP contribution in [0.1, 0.15) is 27.2 Å². The third-order valence-electron chi connectivity index (χ3n) is 3.53. The number of hydrogen-bond donors (Lipinski definition) is 1. The summed E-state index contributed by atoms with van der Waals surface area (Å²) in [6.07, 6.45) is 0.693. The average molecular weight is 277 g/mol. The zero-order valence-corrected chi connectivity index (χ0v) is 12.7. The first kappa shape index (κ1) is 15.9. The molecule has 1 atom stereocenters. The van der Waals surface area contributed by atoms with E-state index >= 15 is 0 Å². The maximum atomic E-state index is 12.2. The molecule has 0 aromatic carbocycles. The fraction of sp³-hybridized carbons (Fsp3) is 1.00. The summed E-state index contributed by atoms with van der Waals surface area (Å²) in [5, 5.41) is 3.16. The smallest absolute Gasteiger partial charge is 0.214 e. The van der Waals surface area contributed by atoms with Gasteiger partial charge in [0.05, 0.1) is 5.75 Å². The molecule has 6 heteroatoms. The Morgan fingerprint density at radius 3 is 2.56 bits per heavy atom. The van der Waals surface area contributed by atoms with Gasteiger partial charge in [-0.2, -0.15) is 4.31 Å². The highest BCUT2D eigenvalue weighted by Gasteiger charge is 2.29. The number of likely N-dealkylation sites (N-methyl/N-ethyl adjacent to an activating group) is 1. The van der Waals surface area contributed by atoms with Crippen LogP contribution in [0, 0.1) is 0 Å². The monoisotopic (exact) mass is 277 g/mol. The van der Waals surface area contributed by atoms with Crippen LogP contribution in [0.15, 0.2) is 0 Å². The second-order valence-electron chi connectivity index (χ2n) is 4.86. The molecule has 18 heavy (non-hydrogen) atoms. The zero-order valence-electron chi connectivity index (χ0n) is 11.9. The van der Waals surface area contributed by atoms with Crippen molar-refractivity contribution in [1.29, 1.82) is 0 Å². The Labute approximate surface area is 112 Å². The fourth-order valence-corrected chi connectivity index (χ4v) is 3.94. The lowest BCUT2D eigenvalue weighted by Gasteiger charge is -2.38. The first-order chi connectivity index (χ1) is 8.51. The van der Waals surface area contributed by atoms with E-state index in [4.69, 9.17) is 0 Å². The molecule has 0 saturated carbocycles. The van der Waals surface area contributed by atoms with Gasteiger partial charge >= 0.3 is 0 Å². The Hall–Kier alpha value is -0.170. The summed E-state index contributed by atoms with van der Waals surface area (Å²) in [6.45, 7) is 11.0. The molecule has 1 aliphatic heterocycles. The summed E-state index contributed by atoms with van der Waals surface area (Å²) in [7, 11) is -3.06. The Kier molecular flexibility index (Phi) is 6.55. The first-order valence-electron chi connectivity index (χ1n) is 6.93. The van der Waals surface area contributed by atoms with Crippen LogP contribution in [0.4, 0.5) is 0 Å². The van der Waals surface area contributed by atoms with E-state index in [0.29, 0.717) is 25.6 Å². The Bertz CT molecular complexity index is 332. The fourth-order valence-electron chi connectivity index (χ4n) is 2.37. The molecule has 1 saturated heterocycles. The minimum absolute atomic E-state index is 0.263. The van der Waals surface area contributed by atoms with Gasteiger partial charge in [-0.3, -0.25) is 4.90 Å². The van der Waals surface area contributed by atoms with Crippen LogP contribution in [0.5, 0.6) is 0 Å². The lowest BCUT2D eigenvalue weighted by Crippen LogP contribution is -2.53. The Morgan fingerprint density at radius 1 is 1.28 bits per heavy atom. The third-order valence-corrected chi connectivity index (χ3v) is 5.46. The molecule has 1 fully saturated rings.